The molecule has 2 aromatic heterocycles. The largest absolute Gasteiger partial charge is 0.264 e. The van der Waals surface area contributed by atoms with E-state index < -0.39 is 0 Å². The van der Waals surface area contributed by atoms with Crippen LogP contribution in [-0.4, -0.2) is 15.0 Å². The van der Waals surface area contributed by atoms with Gasteiger partial charge in [0.2, 0.25) is 0 Å². The van der Waals surface area contributed by atoms with E-state index in [4.69, 9.17) is 9.97 Å². The van der Waals surface area contributed by atoms with Crippen LogP contribution in [0.3, 0.4) is 0 Å². The maximum absolute atomic E-state index is 5.13. The Morgan fingerprint density at radius 2 is 1.20 bits per heavy atom. The SMILES string of the molecule is C1=Cc2ccc(-c3nc(-c4ccc(-c5ccc6ccccc6c5)cc4)cc(-c4cccc(-c5cccnc5)c4)n3)cc2CC1. The summed E-state index contributed by atoms with van der Waals surface area (Å²) in [6, 6.07) is 45.1. The van der Waals surface area contributed by atoms with Gasteiger partial charge in [-0.2, -0.15) is 0 Å². The molecule has 2 heterocycles. The fourth-order valence-electron chi connectivity index (χ4n) is 6.04. The maximum atomic E-state index is 5.13. The summed E-state index contributed by atoms with van der Waals surface area (Å²) in [5.41, 5.74) is 12.1. The van der Waals surface area contributed by atoms with Gasteiger partial charge in [-0.3, -0.25) is 4.98 Å². The summed E-state index contributed by atoms with van der Waals surface area (Å²) in [4.78, 5) is 14.6. The van der Waals surface area contributed by atoms with Crippen LogP contribution < -0.4 is 0 Å². The van der Waals surface area contributed by atoms with Gasteiger partial charge in [-0.05, 0) is 81.8 Å². The van der Waals surface area contributed by atoms with E-state index in [0.717, 1.165) is 57.9 Å². The molecule has 3 nitrogen and oxygen atoms in total. The second-order valence-electron chi connectivity index (χ2n) is 11.3. The van der Waals surface area contributed by atoms with Crippen LogP contribution in [0.15, 0.2) is 146 Å². The summed E-state index contributed by atoms with van der Waals surface area (Å²) in [7, 11) is 0. The van der Waals surface area contributed by atoms with Crippen molar-refractivity contribution in [2.75, 3.05) is 0 Å². The number of hydrogen-bond acceptors (Lipinski definition) is 3. The standard InChI is InChI=1S/C41H29N3/c1-3-9-32-23-35(20-16-28(32)7-1)30-14-18-31(19-15-30)39-26-40(36-12-5-11-34(24-36)38-13-6-22-42-27-38)44-41(43-39)37-21-17-29-8-2-4-10-33(29)25-37/h1-3,5-9,11-27H,4,10H2. The Morgan fingerprint density at radius 1 is 0.477 bits per heavy atom. The second-order valence-corrected chi connectivity index (χ2v) is 11.3. The molecular formula is C41H29N3. The monoisotopic (exact) mass is 563 g/mol. The topological polar surface area (TPSA) is 38.7 Å². The van der Waals surface area contributed by atoms with Crippen molar-refractivity contribution in [3.8, 4) is 56.2 Å². The smallest absolute Gasteiger partial charge is 0.160 e. The molecule has 5 aromatic carbocycles. The highest BCUT2D eigenvalue weighted by atomic mass is 14.9. The van der Waals surface area contributed by atoms with Crippen LogP contribution >= 0.6 is 0 Å². The molecule has 0 aliphatic heterocycles. The summed E-state index contributed by atoms with van der Waals surface area (Å²) < 4.78 is 0. The van der Waals surface area contributed by atoms with Crippen LogP contribution in [0.25, 0.3) is 73.0 Å². The van der Waals surface area contributed by atoms with Crippen LogP contribution in [-0.2, 0) is 6.42 Å². The van der Waals surface area contributed by atoms with E-state index in [2.05, 4.69) is 138 Å². The number of nitrogens with zero attached hydrogens (tertiary/aromatic N) is 3. The summed E-state index contributed by atoms with van der Waals surface area (Å²) >= 11 is 0. The molecule has 208 valence electrons. The predicted molar refractivity (Wildman–Crippen MR) is 182 cm³/mol. The third-order valence-electron chi connectivity index (χ3n) is 8.42. The quantitative estimate of drug-likeness (QED) is 0.209. The number of hydrogen-bond donors (Lipinski definition) is 0. The molecule has 0 bridgehead atoms. The van der Waals surface area contributed by atoms with Crippen molar-refractivity contribution in [1.82, 2.24) is 15.0 Å². The minimum absolute atomic E-state index is 0.736. The Morgan fingerprint density at radius 3 is 2.07 bits per heavy atom. The van der Waals surface area contributed by atoms with Gasteiger partial charge in [0.1, 0.15) is 0 Å². The van der Waals surface area contributed by atoms with Gasteiger partial charge in [0.15, 0.2) is 5.82 Å². The van der Waals surface area contributed by atoms with Gasteiger partial charge in [0.05, 0.1) is 11.4 Å². The van der Waals surface area contributed by atoms with Crippen LogP contribution in [0.4, 0.5) is 0 Å². The normalized spacial score (nSPS) is 12.3. The number of rotatable bonds is 5. The number of aromatic nitrogens is 3. The second kappa shape index (κ2) is 11.2. The van der Waals surface area contributed by atoms with E-state index in [0.29, 0.717) is 0 Å². The molecule has 0 saturated heterocycles. The third kappa shape index (κ3) is 5.10. The molecule has 0 radical (unpaired) electrons. The van der Waals surface area contributed by atoms with Gasteiger partial charge in [-0.15, -0.1) is 0 Å². The predicted octanol–water partition coefficient (Wildman–Crippen LogP) is 10.3. The highest BCUT2D eigenvalue weighted by molar-refractivity contribution is 5.87. The highest BCUT2D eigenvalue weighted by Crippen LogP contribution is 2.33. The van der Waals surface area contributed by atoms with E-state index in [1.165, 1.54) is 33.0 Å². The lowest BCUT2D eigenvalue weighted by Crippen LogP contribution is -1.99. The summed E-state index contributed by atoms with van der Waals surface area (Å²) in [5.74, 6) is 0.736. The molecule has 0 fully saturated rings. The van der Waals surface area contributed by atoms with E-state index in [1.807, 2.05) is 12.3 Å². The first kappa shape index (κ1) is 26.0. The molecule has 8 rings (SSSR count). The zero-order valence-electron chi connectivity index (χ0n) is 24.2. The van der Waals surface area contributed by atoms with Crippen molar-refractivity contribution in [1.29, 1.82) is 0 Å². The average Bonchev–Trinajstić information content (AvgIpc) is 3.11. The molecule has 0 amide bonds. The van der Waals surface area contributed by atoms with Gasteiger partial charge in [0.25, 0.3) is 0 Å². The minimum atomic E-state index is 0.736. The molecule has 44 heavy (non-hydrogen) atoms. The molecule has 7 aromatic rings. The van der Waals surface area contributed by atoms with Crippen LogP contribution in [0.2, 0.25) is 0 Å². The Balaban J connectivity index is 1.22. The van der Waals surface area contributed by atoms with E-state index >= 15 is 0 Å². The Bertz CT molecular complexity index is 2160. The van der Waals surface area contributed by atoms with Crippen molar-refractivity contribution in [3.63, 3.8) is 0 Å². The first-order valence-electron chi connectivity index (χ1n) is 15.1. The lowest BCUT2D eigenvalue weighted by Gasteiger charge is -2.14. The zero-order chi connectivity index (χ0) is 29.3. The van der Waals surface area contributed by atoms with Crippen molar-refractivity contribution in [2.24, 2.45) is 0 Å². The number of pyridine rings is 1. The first-order valence-corrected chi connectivity index (χ1v) is 15.1. The molecule has 0 saturated carbocycles. The van der Waals surface area contributed by atoms with Crippen molar-refractivity contribution >= 4 is 16.8 Å². The fourth-order valence-corrected chi connectivity index (χ4v) is 6.04. The molecule has 3 heteroatoms. The number of aryl methyl sites for hydroxylation is 1. The van der Waals surface area contributed by atoms with E-state index in [-0.39, 0.29) is 0 Å². The highest BCUT2D eigenvalue weighted by Gasteiger charge is 2.14. The summed E-state index contributed by atoms with van der Waals surface area (Å²) in [6.07, 6.45) is 10.3. The lowest BCUT2D eigenvalue weighted by atomic mass is 9.95. The third-order valence-corrected chi connectivity index (χ3v) is 8.42. The maximum Gasteiger partial charge on any atom is 0.160 e. The molecule has 1 aliphatic rings. The zero-order valence-corrected chi connectivity index (χ0v) is 24.2. The van der Waals surface area contributed by atoms with Crippen molar-refractivity contribution in [3.05, 3.63) is 157 Å². The summed E-state index contributed by atoms with van der Waals surface area (Å²) in [5, 5.41) is 2.49. The van der Waals surface area contributed by atoms with Crippen molar-refractivity contribution in [2.45, 2.75) is 12.8 Å². The van der Waals surface area contributed by atoms with Crippen molar-refractivity contribution < 1.29 is 0 Å². The lowest BCUT2D eigenvalue weighted by molar-refractivity contribution is 0.985. The first-order chi connectivity index (χ1) is 21.8. The van der Waals surface area contributed by atoms with Gasteiger partial charge < -0.3 is 0 Å². The molecule has 0 spiro atoms. The summed E-state index contributed by atoms with van der Waals surface area (Å²) in [6.45, 7) is 0. The Labute approximate surface area is 257 Å². The van der Waals surface area contributed by atoms with Gasteiger partial charge in [-0.1, -0.05) is 109 Å². The Kier molecular flexibility index (Phi) is 6.62. The van der Waals surface area contributed by atoms with Gasteiger partial charge in [0, 0.05) is 34.6 Å². The average molecular weight is 564 g/mol. The molecule has 0 N–H and O–H groups in total. The molecular weight excluding hydrogens is 534 g/mol. The number of fused-ring (bicyclic) bond motifs is 2. The van der Waals surface area contributed by atoms with Crippen LogP contribution in [0.1, 0.15) is 17.5 Å². The number of benzene rings is 5. The fraction of sp³-hybridized carbons (Fsp3) is 0.0488. The van der Waals surface area contributed by atoms with E-state index in [9.17, 15) is 0 Å². The number of allylic oxidation sites excluding steroid dienone is 1. The Hall–Kier alpha value is -5.67. The van der Waals surface area contributed by atoms with Gasteiger partial charge >= 0.3 is 0 Å². The van der Waals surface area contributed by atoms with Crippen LogP contribution in [0, 0.1) is 0 Å². The molecule has 1 aliphatic carbocycles. The van der Waals surface area contributed by atoms with E-state index in [1.54, 1.807) is 6.20 Å². The van der Waals surface area contributed by atoms with Gasteiger partial charge in [-0.25, -0.2) is 9.97 Å². The molecule has 0 atom stereocenters. The van der Waals surface area contributed by atoms with Crippen LogP contribution in [0.5, 0.6) is 0 Å². The molecule has 0 unspecified atom stereocenters. The minimum Gasteiger partial charge on any atom is -0.264 e.